The molecule has 0 N–H and O–H groups in total. The summed E-state index contributed by atoms with van der Waals surface area (Å²) in [5.74, 6) is 0.613. The molecule has 0 radical (unpaired) electrons. The molecule has 0 aromatic rings. The highest BCUT2D eigenvalue weighted by atomic mass is 16.1. The van der Waals surface area contributed by atoms with Crippen LogP contribution in [0, 0.1) is 32.5 Å². The molecule has 0 spiro atoms. The Bertz CT molecular complexity index is 520. The highest BCUT2D eigenvalue weighted by Gasteiger charge is 2.47. The van der Waals surface area contributed by atoms with Gasteiger partial charge in [0.2, 0.25) is 0 Å². The Morgan fingerprint density at radius 1 is 0.483 bits per heavy atom. The molecule has 0 fully saturated rings. The molecule has 2 nitrogen and oxygen atoms in total. The number of carbonyl (C=O) groups is 2. The van der Waals surface area contributed by atoms with Crippen molar-refractivity contribution in [1.29, 1.82) is 0 Å². The predicted octanol–water partition coefficient (Wildman–Crippen LogP) is 8.27. The van der Waals surface area contributed by atoms with Crippen LogP contribution < -0.4 is 0 Å². The Balaban J connectivity index is 5.37. The molecule has 0 aliphatic heterocycles. The van der Waals surface area contributed by atoms with Crippen molar-refractivity contribution in [2.75, 3.05) is 0 Å². The van der Waals surface area contributed by atoms with Gasteiger partial charge in [-0.15, -0.1) is 0 Å². The second-order valence-electron chi connectivity index (χ2n) is 14.3. The summed E-state index contributed by atoms with van der Waals surface area (Å²) in [5.41, 5.74) is -0.794. The summed E-state index contributed by atoms with van der Waals surface area (Å²) in [6.45, 7) is 30.5. The molecule has 0 heterocycles. The maximum Gasteiger partial charge on any atom is 0.139 e. The van der Waals surface area contributed by atoms with Crippen molar-refractivity contribution < 1.29 is 9.59 Å². The Hall–Kier alpha value is -0.660. The summed E-state index contributed by atoms with van der Waals surface area (Å²) in [6, 6.07) is 0. The molecule has 172 valence electrons. The third-order valence-electron chi connectivity index (χ3n) is 7.12. The van der Waals surface area contributed by atoms with Gasteiger partial charge in [-0.25, -0.2) is 0 Å². The molecule has 0 bridgehead atoms. The highest BCUT2D eigenvalue weighted by Crippen LogP contribution is 2.49. The molecule has 0 saturated carbocycles. The lowest BCUT2D eigenvalue weighted by Crippen LogP contribution is -2.44. The quantitative estimate of drug-likeness (QED) is 0.405. The monoisotopic (exact) mass is 408 g/mol. The molecule has 29 heavy (non-hydrogen) atoms. The second kappa shape index (κ2) is 8.83. The average Bonchev–Trinajstić information content (AvgIpc) is 2.40. The van der Waals surface area contributed by atoms with E-state index in [-0.39, 0.29) is 32.5 Å². The van der Waals surface area contributed by atoms with E-state index in [1.165, 1.54) is 0 Å². The number of ketones is 2. The fourth-order valence-corrected chi connectivity index (χ4v) is 4.65. The standard InChI is InChI=1S/C27H52O2/c1-22(2,3)18-26(13,24(7,8)9)20(28)16-15-17-21(29)27(14,25(10,11)12)19-23(4,5)6/h15-19H2,1-14H3. The van der Waals surface area contributed by atoms with Gasteiger partial charge in [0.25, 0.3) is 0 Å². The number of rotatable bonds is 8. The maximum absolute atomic E-state index is 13.3. The molecule has 0 aliphatic rings. The first-order valence-corrected chi connectivity index (χ1v) is 11.5. The van der Waals surface area contributed by atoms with E-state index in [9.17, 15) is 9.59 Å². The van der Waals surface area contributed by atoms with Crippen molar-refractivity contribution in [3.63, 3.8) is 0 Å². The second-order valence-corrected chi connectivity index (χ2v) is 14.3. The smallest absolute Gasteiger partial charge is 0.139 e. The zero-order chi connectivity index (χ0) is 23.7. The van der Waals surface area contributed by atoms with Crippen LogP contribution in [-0.2, 0) is 9.59 Å². The Morgan fingerprint density at radius 3 is 0.897 bits per heavy atom. The zero-order valence-corrected chi connectivity index (χ0v) is 22.4. The van der Waals surface area contributed by atoms with E-state index in [1.54, 1.807) is 0 Å². The first kappa shape index (κ1) is 28.3. The summed E-state index contributed by atoms with van der Waals surface area (Å²) in [7, 11) is 0. The summed E-state index contributed by atoms with van der Waals surface area (Å²) < 4.78 is 0. The van der Waals surface area contributed by atoms with Crippen molar-refractivity contribution >= 4 is 11.6 Å². The molecular formula is C27H52O2. The largest absolute Gasteiger partial charge is 0.299 e. The first-order valence-electron chi connectivity index (χ1n) is 11.5. The molecule has 0 aromatic heterocycles. The molecule has 0 amide bonds. The fourth-order valence-electron chi connectivity index (χ4n) is 4.65. The van der Waals surface area contributed by atoms with Crippen molar-refractivity contribution in [3.8, 4) is 0 Å². The van der Waals surface area contributed by atoms with Crippen LogP contribution in [0.5, 0.6) is 0 Å². The molecule has 2 unspecified atom stereocenters. The lowest BCUT2D eigenvalue weighted by atomic mass is 9.58. The summed E-state index contributed by atoms with van der Waals surface area (Å²) >= 11 is 0. The van der Waals surface area contributed by atoms with Crippen LogP contribution in [0.4, 0.5) is 0 Å². The minimum Gasteiger partial charge on any atom is -0.299 e. The van der Waals surface area contributed by atoms with Gasteiger partial charge in [-0.3, -0.25) is 9.59 Å². The third-order valence-corrected chi connectivity index (χ3v) is 7.12. The van der Waals surface area contributed by atoms with Crippen molar-refractivity contribution in [2.45, 2.75) is 129 Å². The SMILES string of the molecule is CC(C)(C)CC(C)(C(=O)CCCC(=O)C(C)(CC(C)(C)C)C(C)(C)C)C(C)(C)C. The minimum atomic E-state index is -0.382. The van der Waals surface area contributed by atoms with Crippen LogP contribution in [0.25, 0.3) is 0 Å². The number of carbonyl (C=O) groups excluding carboxylic acids is 2. The van der Waals surface area contributed by atoms with Crippen molar-refractivity contribution in [3.05, 3.63) is 0 Å². The normalized spacial score (nSPS) is 18.1. The lowest BCUT2D eigenvalue weighted by Gasteiger charge is -2.45. The van der Waals surface area contributed by atoms with Gasteiger partial charge < -0.3 is 0 Å². The van der Waals surface area contributed by atoms with E-state index in [0.29, 0.717) is 30.8 Å². The van der Waals surface area contributed by atoms with Gasteiger partial charge in [-0.2, -0.15) is 0 Å². The summed E-state index contributed by atoms with van der Waals surface area (Å²) in [4.78, 5) is 26.7. The molecular weight excluding hydrogens is 356 g/mol. The van der Waals surface area contributed by atoms with E-state index in [4.69, 9.17) is 0 Å². The van der Waals surface area contributed by atoms with Crippen LogP contribution in [0.15, 0.2) is 0 Å². The van der Waals surface area contributed by atoms with Crippen LogP contribution in [0.3, 0.4) is 0 Å². The summed E-state index contributed by atoms with van der Waals surface area (Å²) in [6.07, 6.45) is 3.36. The number of Topliss-reactive ketones (excluding diaryl/α,β-unsaturated/α-hetero) is 2. The van der Waals surface area contributed by atoms with Crippen LogP contribution >= 0.6 is 0 Å². The zero-order valence-electron chi connectivity index (χ0n) is 22.4. The van der Waals surface area contributed by atoms with Crippen molar-refractivity contribution in [1.82, 2.24) is 0 Å². The highest BCUT2D eigenvalue weighted by molar-refractivity contribution is 5.88. The van der Waals surface area contributed by atoms with Gasteiger partial charge in [0, 0.05) is 23.7 Å². The van der Waals surface area contributed by atoms with Crippen molar-refractivity contribution in [2.24, 2.45) is 32.5 Å². The van der Waals surface area contributed by atoms with E-state index < -0.39 is 0 Å². The number of hydrogen-bond acceptors (Lipinski definition) is 2. The molecule has 0 aliphatic carbocycles. The van der Waals surface area contributed by atoms with E-state index in [2.05, 4.69) is 96.9 Å². The van der Waals surface area contributed by atoms with Gasteiger partial charge in [-0.05, 0) is 40.9 Å². The van der Waals surface area contributed by atoms with Crippen LogP contribution in [-0.4, -0.2) is 11.6 Å². The molecule has 2 heteroatoms. The Kier molecular flexibility index (Phi) is 8.63. The topological polar surface area (TPSA) is 34.1 Å². The maximum atomic E-state index is 13.3. The lowest BCUT2D eigenvalue weighted by molar-refractivity contribution is -0.138. The minimum absolute atomic E-state index is 0.0883. The average molecular weight is 409 g/mol. The van der Waals surface area contributed by atoms with Crippen LogP contribution in [0.1, 0.15) is 129 Å². The van der Waals surface area contributed by atoms with Gasteiger partial charge in [-0.1, -0.05) is 96.9 Å². The van der Waals surface area contributed by atoms with E-state index >= 15 is 0 Å². The fraction of sp³-hybridized carbons (Fsp3) is 0.926. The third kappa shape index (κ3) is 7.83. The Morgan fingerprint density at radius 2 is 0.724 bits per heavy atom. The molecule has 2 atom stereocenters. The van der Waals surface area contributed by atoms with Gasteiger partial charge in [0.15, 0.2) is 0 Å². The van der Waals surface area contributed by atoms with Crippen LogP contribution in [0.2, 0.25) is 0 Å². The Labute approximate surface area is 183 Å². The van der Waals surface area contributed by atoms with E-state index in [0.717, 1.165) is 12.8 Å². The van der Waals surface area contributed by atoms with Gasteiger partial charge in [0.1, 0.15) is 11.6 Å². The molecule has 0 saturated heterocycles. The molecule has 0 rings (SSSR count). The first-order chi connectivity index (χ1) is 12.5. The van der Waals surface area contributed by atoms with Gasteiger partial charge in [0.05, 0.1) is 0 Å². The number of hydrogen-bond donors (Lipinski definition) is 0. The van der Waals surface area contributed by atoms with Gasteiger partial charge >= 0.3 is 0 Å². The summed E-state index contributed by atoms with van der Waals surface area (Å²) in [5, 5.41) is 0. The van der Waals surface area contributed by atoms with E-state index in [1.807, 2.05) is 0 Å². The predicted molar refractivity (Wildman–Crippen MR) is 127 cm³/mol. The molecule has 0 aromatic carbocycles.